The van der Waals surface area contributed by atoms with Gasteiger partial charge in [0.25, 0.3) is 0 Å². The number of H-pyrrole nitrogens is 1. The number of aromatic amines is 1. The Morgan fingerprint density at radius 2 is 2.12 bits per heavy atom. The van der Waals surface area contributed by atoms with Crippen LogP contribution in [0.25, 0.3) is 10.9 Å². The molecule has 16 heavy (non-hydrogen) atoms. The van der Waals surface area contributed by atoms with Crippen molar-refractivity contribution >= 4 is 10.9 Å². The Bertz CT molecular complexity index is 560. The van der Waals surface area contributed by atoms with Gasteiger partial charge < -0.3 is 14.5 Å². The molecule has 0 saturated heterocycles. The third-order valence-corrected chi connectivity index (χ3v) is 2.40. The standard InChI is InChI=1S/C12H13NO3/c1-15-7-8-6-10(14)9-4-3-5-11(16-2)12(9)13-8/h3-6H,7H2,1-2H3,(H,13,14). The van der Waals surface area contributed by atoms with Gasteiger partial charge in [-0.05, 0) is 12.1 Å². The molecule has 1 aromatic carbocycles. The van der Waals surface area contributed by atoms with Gasteiger partial charge in [0.05, 0.1) is 19.2 Å². The molecule has 0 saturated carbocycles. The van der Waals surface area contributed by atoms with E-state index in [1.165, 1.54) is 0 Å². The molecule has 0 aliphatic rings. The van der Waals surface area contributed by atoms with Crippen LogP contribution >= 0.6 is 0 Å². The van der Waals surface area contributed by atoms with E-state index in [4.69, 9.17) is 9.47 Å². The van der Waals surface area contributed by atoms with E-state index in [9.17, 15) is 4.79 Å². The zero-order valence-electron chi connectivity index (χ0n) is 9.24. The van der Waals surface area contributed by atoms with E-state index in [1.807, 2.05) is 6.07 Å². The smallest absolute Gasteiger partial charge is 0.189 e. The fourth-order valence-corrected chi connectivity index (χ4v) is 1.70. The Labute approximate surface area is 92.8 Å². The van der Waals surface area contributed by atoms with Gasteiger partial charge in [0.1, 0.15) is 5.75 Å². The summed E-state index contributed by atoms with van der Waals surface area (Å²) in [5.74, 6) is 0.660. The van der Waals surface area contributed by atoms with Crippen molar-refractivity contribution in [3.05, 3.63) is 40.2 Å². The molecular weight excluding hydrogens is 206 g/mol. The first-order chi connectivity index (χ1) is 7.76. The number of fused-ring (bicyclic) bond motifs is 1. The Hall–Kier alpha value is -1.81. The number of pyridine rings is 1. The monoisotopic (exact) mass is 219 g/mol. The molecule has 0 bridgehead atoms. The summed E-state index contributed by atoms with van der Waals surface area (Å²) in [6.45, 7) is 0.378. The summed E-state index contributed by atoms with van der Waals surface area (Å²) in [4.78, 5) is 14.9. The molecule has 0 fully saturated rings. The molecule has 0 aliphatic carbocycles. The van der Waals surface area contributed by atoms with Gasteiger partial charge in [0.15, 0.2) is 5.43 Å². The summed E-state index contributed by atoms with van der Waals surface area (Å²) in [6, 6.07) is 6.93. The second-order valence-electron chi connectivity index (χ2n) is 3.47. The Balaban J connectivity index is 2.72. The van der Waals surface area contributed by atoms with Crippen LogP contribution in [0, 0.1) is 0 Å². The maximum atomic E-state index is 11.8. The minimum absolute atomic E-state index is 0.0281. The molecule has 84 valence electrons. The topological polar surface area (TPSA) is 51.3 Å². The lowest BCUT2D eigenvalue weighted by Crippen LogP contribution is -2.06. The van der Waals surface area contributed by atoms with Crippen LogP contribution in [-0.4, -0.2) is 19.2 Å². The maximum Gasteiger partial charge on any atom is 0.189 e. The fraction of sp³-hybridized carbons (Fsp3) is 0.250. The molecule has 0 spiro atoms. The van der Waals surface area contributed by atoms with Crippen molar-refractivity contribution in [1.29, 1.82) is 0 Å². The van der Waals surface area contributed by atoms with E-state index in [-0.39, 0.29) is 5.43 Å². The maximum absolute atomic E-state index is 11.8. The number of methoxy groups -OCH3 is 2. The van der Waals surface area contributed by atoms with Crippen LogP contribution in [0.4, 0.5) is 0 Å². The first kappa shape index (κ1) is 10.7. The number of hydrogen-bond donors (Lipinski definition) is 1. The number of aromatic nitrogens is 1. The van der Waals surface area contributed by atoms with Crippen LogP contribution < -0.4 is 10.2 Å². The van der Waals surface area contributed by atoms with Gasteiger partial charge in [-0.2, -0.15) is 0 Å². The number of para-hydroxylation sites is 1. The van der Waals surface area contributed by atoms with Crippen molar-refractivity contribution in [3.63, 3.8) is 0 Å². The van der Waals surface area contributed by atoms with Crippen LogP contribution in [0.15, 0.2) is 29.1 Å². The predicted octanol–water partition coefficient (Wildman–Crippen LogP) is 1.68. The van der Waals surface area contributed by atoms with Gasteiger partial charge in [-0.15, -0.1) is 0 Å². The third kappa shape index (κ3) is 1.79. The van der Waals surface area contributed by atoms with Gasteiger partial charge in [-0.1, -0.05) is 6.07 Å². The molecule has 1 aromatic heterocycles. The van der Waals surface area contributed by atoms with Crippen LogP contribution in [0.1, 0.15) is 5.69 Å². The molecule has 4 heteroatoms. The molecule has 2 aromatic rings. The van der Waals surface area contributed by atoms with Crippen molar-refractivity contribution in [2.45, 2.75) is 6.61 Å². The highest BCUT2D eigenvalue weighted by Gasteiger charge is 2.06. The lowest BCUT2D eigenvalue weighted by Gasteiger charge is -2.07. The molecule has 0 aliphatic heterocycles. The first-order valence-corrected chi connectivity index (χ1v) is 4.94. The van der Waals surface area contributed by atoms with Gasteiger partial charge in [0, 0.05) is 24.3 Å². The van der Waals surface area contributed by atoms with Crippen LogP contribution in [0.3, 0.4) is 0 Å². The summed E-state index contributed by atoms with van der Waals surface area (Å²) in [5, 5.41) is 0.624. The zero-order valence-corrected chi connectivity index (χ0v) is 9.24. The predicted molar refractivity (Wildman–Crippen MR) is 61.8 cm³/mol. The first-order valence-electron chi connectivity index (χ1n) is 4.94. The van der Waals surface area contributed by atoms with E-state index in [0.29, 0.717) is 23.3 Å². The molecule has 0 radical (unpaired) electrons. The summed E-state index contributed by atoms with van der Waals surface area (Å²) in [7, 11) is 3.17. The van der Waals surface area contributed by atoms with Crippen molar-refractivity contribution in [3.8, 4) is 5.75 Å². The Morgan fingerprint density at radius 1 is 1.31 bits per heavy atom. The molecular formula is C12H13NO3. The molecule has 4 nitrogen and oxygen atoms in total. The normalized spacial score (nSPS) is 10.6. The zero-order chi connectivity index (χ0) is 11.5. The number of rotatable bonds is 3. The Kier molecular flexibility index (Phi) is 2.92. The molecule has 0 atom stereocenters. The number of hydrogen-bond acceptors (Lipinski definition) is 3. The number of nitrogens with one attached hydrogen (secondary N) is 1. The minimum Gasteiger partial charge on any atom is -0.495 e. The summed E-state index contributed by atoms with van der Waals surface area (Å²) < 4.78 is 10.2. The van der Waals surface area contributed by atoms with Gasteiger partial charge in [-0.3, -0.25) is 4.79 Å². The van der Waals surface area contributed by atoms with E-state index < -0.39 is 0 Å². The minimum atomic E-state index is -0.0281. The summed E-state index contributed by atoms with van der Waals surface area (Å²) in [6.07, 6.45) is 0. The van der Waals surface area contributed by atoms with Crippen LogP contribution in [-0.2, 0) is 11.3 Å². The van der Waals surface area contributed by atoms with E-state index in [1.54, 1.807) is 32.4 Å². The average Bonchev–Trinajstić information content (AvgIpc) is 2.29. The second kappa shape index (κ2) is 4.37. The number of ether oxygens (including phenoxy) is 2. The lowest BCUT2D eigenvalue weighted by atomic mass is 10.2. The molecule has 1 heterocycles. The molecule has 0 amide bonds. The highest BCUT2D eigenvalue weighted by atomic mass is 16.5. The highest BCUT2D eigenvalue weighted by Crippen LogP contribution is 2.21. The summed E-state index contributed by atoms with van der Waals surface area (Å²) >= 11 is 0. The fourth-order valence-electron chi connectivity index (χ4n) is 1.70. The highest BCUT2D eigenvalue weighted by molar-refractivity contribution is 5.84. The van der Waals surface area contributed by atoms with Crippen LogP contribution in [0.5, 0.6) is 5.75 Å². The van der Waals surface area contributed by atoms with Gasteiger partial charge in [-0.25, -0.2) is 0 Å². The van der Waals surface area contributed by atoms with Crippen molar-refractivity contribution in [2.24, 2.45) is 0 Å². The number of benzene rings is 1. The Morgan fingerprint density at radius 3 is 2.81 bits per heavy atom. The summed E-state index contributed by atoms with van der Waals surface area (Å²) in [5.41, 5.74) is 1.42. The quantitative estimate of drug-likeness (QED) is 0.854. The van der Waals surface area contributed by atoms with E-state index in [0.717, 1.165) is 5.69 Å². The third-order valence-electron chi connectivity index (χ3n) is 2.40. The molecule has 1 N–H and O–H groups in total. The van der Waals surface area contributed by atoms with E-state index in [2.05, 4.69) is 4.98 Å². The van der Waals surface area contributed by atoms with E-state index >= 15 is 0 Å². The second-order valence-corrected chi connectivity index (χ2v) is 3.47. The van der Waals surface area contributed by atoms with Crippen LogP contribution in [0.2, 0.25) is 0 Å². The molecule has 2 rings (SSSR count). The van der Waals surface area contributed by atoms with Crippen molar-refractivity contribution in [1.82, 2.24) is 4.98 Å². The van der Waals surface area contributed by atoms with Gasteiger partial charge in [0.2, 0.25) is 0 Å². The lowest BCUT2D eigenvalue weighted by molar-refractivity contribution is 0.181. The van der Waals surface area contributed by atoms with Crippen molar-refractivity contribution < 1.29 is 9.47 Å². The van der Waals surface area contributed by atoms with Gasteiger partial charge >= 0.3 is 0 Å². The largest absolute Gasteiger partial charge is 0.495 e. The van der Waals surface area contributed by atoms with Crippen molar-refractivity contribution in [2.75, 3.05) is 14.2 Å². The SMILES string of the molecule is COCc1cc(=O)c2cccc(OC)c2[nH]1. The molecule has 0 unspecified atom stereocenters. The average molecular weight is 219 g/mol.